The highest BCUT2D eigenvalue weighted by molar-refractivity contribution is 7.07. The molecular formula is C21H29N3OS. The van der Waals surface area contributed by atoms with Crippen LogP contribution in [-0.2, 0) is 17.8 Å². The summed E-state index contributed by atoms with van der Waals surface area (Å²) in [6, 6.07) is 8.47. The number of aromatic nitrogens is 1. The van der Waals surface area contributed by atoms with E-state index in [0.717, 1.165) is 26.2 Å². The van der Waals surface area contributed by atoms with Crippen molar-refractivity contribution in [3.05, 3.63) is 52.5 Å². The van der Waals surface area contributed by atoms with Gasteiger partial charge < -0.3 is 4.74 Å². The highest BCUT2D eigenvalue weighted by Gasteiger charge is 2.47. The zero-order valence-corrected chi connectivity index (χ0v) is 16.5. The van der Waals surface area contributed by atoms with Gasteiger partial charge in [-0.3, -0.25) is 14.8 Å². The van der Waals surface area contributed by atoms with Crippen LogP contribution < -0.4 is 0 Å². The number of hydrogen-bond acceptors (Lipinski definition) is 5. The number of nitrogens with zero attached hydrogens (tertiary/aromatic N) is 3. The topological polar surface area (TPSA) is 28.6 Å². The number of rotatable bonds is 6. The van der Waals surface area contributed by atoms with Crippen molar-refractivity contribution in [3.63, 3.8) is 0 Å². The van der Waals surface area contributed by atoms with Gasteiger partial charge in [0, 0.05) is 45.4 Å². The lowest BCUT2D eigenvalue weighted by atomic mass is 9.71. The third kappa shape index (κ3) is 4.01. The third-order valence-corrected chi connectivity index (χ3v) is 6.93. The van der Waals surface area contributed by atoms with Gasteiger partial charge in [0.1, 0.15) is 0 Å². The molecule has 26 heavy (non-hydrogen) atoms. The molecule has 0 aromatic carbocycles. The maximum Gasteiger partial charge on any atom is 0.0543 e. The van der Waals surface area contributed by atoms with Crippen LogP contribution in [0.15, 0.2) is 41.2 Å². The van der Waals surface area contributed by atoms with E-state index in [9.17, 15) is 0 Å². The first-order valence-electron chi connectivity index (χ1n) is 9.62. The van der Waals surface area contributed by atoms with Crippen LogP contribution in [0.1, 0.15) is 24.1 Å². The minimum atomic E-state index is 0.413. The van der Waals surface area contributed by atoms with Crippen molar-refractivity contribution >= 4 is 11.3 Å². The molecular weight excluding hydrogens is 342 g/mol. The fourth-order valence-electron chi connectivity index (χ4n) is 4.78. The van der Waals surface area contributed by atoms with Crippen molar-refractivity contribution in [2.24, 2.45) is 11.3 Å². The Hall–Kier alpha value is -1.27. The molecule has 2 fully saturated rings. The summed E-state index contributed by atoms with van der Waals surface area (Å²) in [7, 11) is 1.85. The molecule has 2 aliphatic heterocycles. The molecule has 4 nitrogen and oxygen atoms in total. The van der Waals surface area contributed by atoms with Gasteiger partial charge in [0.25, 0.3) is 0 Å². The van der Waals surface area contributed by atoms with E-state index < -0.39 is 0 Å². The largest absolute Gasteiger partial charge is 0.384 e. The predicted molar refractivity (Wildman–Crippen MR) is 106 cm³/mol. The Bertz CT molecular complexity index is 668. The average Bonchev–Trinajstić information content (AvgIpc) is 3.27. The monoisotopic (exact) mass is 371 g/mol. The van der Waals surface area contributed by atoms with Gasteiger partial charge in [-0.15, -0.1) is 0 Å². The molecule has 2 saturated heterocycles. The number of ether oxygens (including phenoxy) is 1. The number of thiophene rings is 1. The molecule has 0 aliphatic carbocycles. The second kappa shape index (κ2) is 8.17. The number of hydrogen-bond donors (Lipinski definition) is 0. The molecule has 5 heteroatoms. The highest BCUT2D eigenvalue weighted by Crippen LogP contribution is 2.45. The Morgan fingerprint density at radius 3 is 2.77 bits per heavy atom. The zero-order valence-electron chi connectivity index (χ0n) is 15.6. The zero-order chi connectivity index (χ0) is 17.8. The molecule has 4 heterocycles. The van der Waals surface area contributed by atoms with Crippen LogP contribution in [0.2, 0.25) is 0 Å². The molecule has 0 radical (unpaired) electrons. The third-order valence-electron chi connectivity index (χ3n) is 6.20. The summed E-state index contributed by atoms with van der Waals surface area (Å²) in [5.74, 6) is 0.638. The van der Waals surface area contributed by atoms with E-state index in [0.29, 0.717) is 11.3 Å². The fourth-order valence-corrected chi connectivity index (χ4v) is 5.44. The van der Waals surface area contributed by atoms with E-state index in [1.54, 1.807) is 11.3 Å². The summed E-state index contributed by atoms with van der Waals surface area (Å²) in [5, 5.41) is 4.46. The second-order valence-corrected chi connectivity index (χ2v) is 8.69. The Kier molecular flexibility index (Phi) is 5.69. The smallest absolute Gasteiger partial charge is 0.0543 e. The molecule has 1 atom stereocenters. The summed E-state index contributed by atoms with van der Waals surface area (Å²) in [5.41, 5.74) is 3.05. The van der Waals surface area contributed by atoms with Crippen LogP contribution in [0.25, 0.3) is 0 Å². The number of methoxy groups -OCH3 is 1. The Morgan fingerprint density at radius 1 is 1.19 bits per heavy atom. The van der Waals surface area contributed by atoms with Crippen molar-refractivity contribution < 1.29 is 4.74 Å². The molecule has 0 unspecified atom stereocenters. The average molecular weight is 372 g/mol. The summed E-state index contributed by atoms with van der Waals surface area (Å²) in [6.07, 6.45) is 4.46. The maximum absolute atomic E-state index is 5.61. The molecule has 4 rings (SSSR count). The maximum atomic E-state index is 5.61. The van der Waals surface area contributed by atoms with Gasteiger partial charge in [0.15, 0.2) is 0 Å². The van der Waals surface area contributed by atoms with Crippen molar-refractivity contribution in [1.29, 1.82) is 0 Å². The fraction of sp³-hybridized carbons (Fsp3) is 0.571. The molecule has 0 amide bonds. The van der Waals surface area contributed by atoms with Gasteiger partial charge >= 0.3 is 0 Å². The lowest BCUT2D eigenvalue weighted by Gasteiger charge is -2.42. The van der Waals surface area contributed by atoms with Gasteiger partial charge in [-0.2, -0.15) is 11.3 Å². The number of likely N-dealkylation sites (tertiary alicyclic amines) is 2. The molecule has 0 saturated carbocycles. The summed E-state index contributed by atoms with van der Waals surface area (Å²) < 4.78 is 5.61. The van der Waals surface area contributed by atoms with Crippen LogP contribution in [0.4, 0.5) is 0 Å². The van der Waals surface area contributed by atoms with E-state index >= 15 is 0 Å². The molecule has 1 spiro atoms. The summed E-state index contributed by atoms with van der Waals surface area (Å²) in [6.45, 7) is 7.66. The van der Waals surface area contributed by atoms with Crippen molar-refractivity contribution in [1.82, 2.24) is 14.8 Å². The lowest BCUT2D eigenvalue weighted by Crippen LogP contribution is -2.44. The van der Waals surface area contributed by atoms with Crippen molar-refractivity contribution in [2.75, 3.05) is 39.9 Å². The molecule has 0 bridgehead atoms. The van der Waals surface area contributed by atoms with Crippen LogP contribution >= 0.6 is 11.3 Å². The summed E-state index contributed by atoms with van der Waals surface area (Å²) >= 11 is 1.80. The van der Waals surface area contributed by atoms with Gasteiger partial charge in [-0.1, -0.05) is 6.07 Å². The molecule has 2 aromatic rings. The van der Waals surface area contributed by atoms with E-state index in [4.69, 9.17) is 4.74 Å². The molecule has 2 aliphatic rings. The quantitative estimate of drug-likeness (QED) is 0.777. The van der Waals surface area contributed by atoms with Crippen molar-refractivity contribution in [2.45, 2.75) is 25.9 Å². The standard InChI is InChI=1S/C21H29N3OS/c1-25-15-19-13-24(14-20-4-2-3-8-22-20)17-21(19)6-9-23(10-7-21)12-18-5-11-26-16-18/h2-5,8,11,16,19H,6-7,9-10,12-15,17H2,1H3/t19-/m1/s1. The SMILES string of the molecule is COC[C@H]1CN(Cc2ccccn2)CC12CCN(Cc1ccsc1)CC2. The van der Waals surface area contributed by atoms with Crippen LogP contribution in [0, 0.1) is 11.3 Å². The normalized spacial score (nSPS) is 23.7. The van der Waals surface area contributed by atoms with Crippen LogP contribution in [-0.4, -0.2) is 54.7 Å². The first kappa shape index (κ1) is 18.1. The van der Waals surface area contributed by atoms with Crippen LogP contribution in [0.5, 0.6) is 0 Å². The molecule has 0 N–H and O–H groups in total. The number of pyridine rings is 1. The molecule has 140 valence electrons. The predicted octanol–water partition coefficient (Wildman–Crippen LogP) is 3.50. The van der Waals surface area contributed by atoms with Crippen LogP contribution in [0.3, 0.4) is 0 Å². The minimum absolute atomic E-state index is 0.413. The highest BCUT2D eigenvalue weighted by atomic mass is 32.1. The Balaban J connectivity index is 1.39. The van der Waals surface area contributed by atoms with E-state index in [1.807, 2.05) is 19.4 Å². The Morgan fingerprint density at radius 2 is 2.08 bits per heavy atom. The van der Waals surface area contributed by atoms with Gasteiger partial charge in [-0.05, 0) is 65.9 Å². The summed E-state index contributed by atoms with van der Waals surface area (Å²) in [4.78, 5) is 9.74. The van der Waals surface area contributed by atoms with E-state index in [-0.39, 0.29) is 0 Å². The second-order valence-electron chi connectivity index (χ2n) is 7.91. The van der Waals surface area contributed by atoms with Crippen molar-refractivity contribution in [3.8, 4) is 0 Å². The van der Waals surface area contributed by atoms with E-state index in [2.05, 4.69) is 43.7 Å². The van der Waals surface area contributed by atoms with Gasteiger partial charge in [-0.25, -0.2) is 0 Å². The minimum Gasteiger partial charge on any atom is -0.384 e. The first-order chi connectivity index (χ1) is 12.8. The molecule has 2 aromatic heterocycles. The first-order valence-corrected chi connectivity index (χ1v) is 10.6. The Labute approximate surface area is 160 Å². The van der Waals surface area contributed by atoms with E-state index in [1.165, 1.54) is 43.7 Å². The number of piperidine rings is 1. The van der Waals surface area contributed by atoms with Gasteiger partial charge in [0.2, 0.25) is 0 Å². The lowest BCUT2D eigenvalue weighted by molar-refractivity contribution is 0.0350. The van der Waals surface area contributed by atoms with Gasteiger partial charge in [0.05, 0.1) is 12.3 Å².